The Morgan fingerprint density at radius 3 is 2.31 bits per heavy atom. The van der Waals surface area contributed by atoms with Crippen molar-refractivity contribution in [1.29, 1.82) is 0 Å². The molecular formula is C24H27ClN2O5. The first-order chi connectivity index (χ1) is 15.2. The molecule has 4 saturated carbocycles. The Balaban J connectivity index is 1.48. The van der Waals surface area contributed by atoms with Gasteiger partial charge in [0, 0.05) is 6.04 Å². The van der Waals surface area contributed by atoms with E-state index in [4.69, 9.17) is 16.3 Å². The molecule has 6 rings (SSSR count). The quantitative estimate of drug-likeness (QED) is 0.522. The van der Waals surface area contributed by atoms with Crippen LogP contribution in [0.4, 0.5) is 4.79 Å². The van der Waals surface area contributed by atoms with E-state index in [0.717, 1.165) is 19.3 Å². The average Bonchev–Trinajstić information content (AvgIpc) is 2.72. The summed E-state index contributed by atoms with van der Waals surface area (Å²) in [6.45, 7) is 1.96. The Morgan fingerprint density at radius 1 is 1.16 bits per heavy atom. The van der Waals surface area contributed by atoms with Crippen molar-refractivity contribution in [3.8, 4) is 11.5 Å². The number of hydrogen-bond donors (Lipinski definition) is 2. The number of phenols is 1. The van der Waals surface area contributed by atoms with E-state index in [1.807, 2.05) is 6.92 Å². The van der Waals surface area contributed by atoms with Crippen LogP contribution in [0.1, 0.15) is 51.0 Å². The second kappa shape index (κ2) is 7.51. The van der Waals surface area contributed by atoms with Crippen molar-refractivity contribution < 1.29 is 24.2 Å². The van der Waals surface area contributed by atoms with E-state index in [2.05, 4.69) is 5.32 Å². The monoisotopic (exact) mass is 458 g/mol. The van der Waals surface area contributed by atoms with Gasteiger partial charge in [0.1, 0.15) is 5.57 Å². The van der Waals surface area contributed by atoms with Crippen LogP contribution in [-0.2, 0) is 9.59 Å². The molecule has 1 saturated heterocycles. The molecule has 4 amide bonds. The summed E-state index contributed by atoms with van der Waals surface area (Å²) in [5.41, 5.74) is 0.211. The minimum atomic E-state index is -0.739. The van der Waals surface area contributed by atoms with Crippen LogP contribution >= 0.6 is 11.6 Å². The van der Waals surface area contributed by atoms with Crippen molar-refractivity contribution in [2.45, 2.75) is 51.5 Å². The van der Waals surface area contributed by atoms with Crippen molar-refractivity contribution in [2.75, 3.05) is 7.11 Å². The van der Waals surface area contributed by atoms with Crippen LogP contribution in [0.25, 0.3) is 6.08 Å². The molecule has 32 heavy (non-hydrogen) atoms. The first-order valence-corrected chi connectivity index (χ1v) is 11.6. The summed E-state index contributed by atoms with van der Waals surface area (Å²) in [7, 11) is 1.38. The van der Waals surface area contributed by atoms with Crippen molar-refractivity contribution in [2.24, 2.45) is 23.2 Å². The van der Waals surface area contributed by atoms with Gasteiger partial charge in [-0.3, -0.25) is 19.8 Å². The molecule has 4 bridgehead atoms. The number of imide groups is 2. The minimum absolute atomic E-state index is 0.0368. The van der Waals surface area contributed by atoms with Crippen LogP contribution in [0.3, 0.4) is 0 Å². The zero-order valence-electron chi connectivity index (χ0n) is 18.2. The van der Waals surface area contributed by atoms with Gasteiger partial charge in [-0.2, -0.15) is 0 Å². The van der Waals surface area contributed by atoms with E-state index in [-0.39, 0.29) is 33.6 Å². The van der Waals surface area contributed by atoms with E-state index >= 15 is 0 Å². The highest BCUT2D eigenvalue weighted by molar-refractivity contribution is 6.33. The lowest BCUT2D eigenvalue weighted by atomic mass is 9.47. The number of aromatic hydroxyl groups is 1. The van der Waals surface area contributed by atoms with E-state index in [1.54, 1.807) is 0 Å². The van der Waals surface area contributed by atoms with Gasteiger partial charge in [0.25, 0.3) is 11.8 Å². The summed E-state index contributed by atoms with van der Waals surface area (Å²) in [4.78, 5) is 40.1. The maximum atomic E-state index is 13.5. The summed E-state index contributed by atoms with van der Waals surface area (Å²) in [6.07, 6.45) is 8.29. The van der Waals surface area contributed by atoms with Gasteiger partial charge in [-0.25, -0.2) is 4.79 Å². The highest BCUT2D eigenvalue weighted by Gasteiger charge is 2.56. The maximum absolute atomic E-state index is 13.5. The van der Waals surface area contributed by atoms with Gasteiger partial charge in [-0.05, 0) is 92.4 Å². The molecule has 0 aromatic heterocycles. The van der Waals surface area contributed by atoms with Gasteiger partial charge in [-0.1, -0.05) is 11.6 Å². The molecule has 170 valence electrons. The Bertz CT molecular complexity index is 1010. The summed E-state index contributed by atoms with van der Waals surface area (Å²) < 4.78 is 5.11. The molecule has 1 aromatic carbocycles. The predicted octanol–water partition coefficient (Wildman–Crippen LogP) is 4.12. The van der Waals surface area contributed by atoms with E-state index in [0.29, 0.717) is 23.3 Å². The topological polar surface area (TPSA) is 95.9 Å². The fourth-order valence-corrected chi connectivity index (χ4v) is 7.20. The summed E-state index contributed by atoms with van der Waals surface area (Å²) in [5, 5.41) is 12.3. The fraction of sp³-hybridized carbons (Fsp3) is 0.542. The number of urea groups is 1. The lowest BCUT2D eigenvalue weighted by Crippen LogP contribution is -2.63. The van der Waals surface area contributed by atoms with Gasteiger partial charge < -0.3 is 9.84 Å². The number of benzene rings is 1. The molecule has 1 aliphatic heterocycles. The van der Waals surface area contributed by atoms with E-state index in [9.17, 15) is 19.5 Å². The van der Waals surface area contributed by atoms with Crippen molar-refractivity contribution >= 4 is 35.5 Å². The number of carbonyl (C=O) groups excluding carboxylic acids is 3. The maximum Gasteiger partial charge on any atom is 0.331 e. The summed E-state index contributed by atoms with van der Waals surface area (Å²) >= 11 is 6.06. The number of nitrogens with one attached hydrogen (secondary N) is 1. The highest BCUT2D eigenvalue weighted by atomic mass is 35.5. The van der Waals surface area contributed by atoms with Crippen LogP contribution in [0, 0.1) is 23.2 Å². The largest absolute Gasteiger partial charge is 0.503 e. The number of barbiturate groups is 1. The minimum Gasteiger partial charge on any atom is -0.503 e. The normalized spacial score (nSPS) is 33.6. The number of rotatable bonds is 4. The number of methoxy groups -OCH3 is 1. The van der Waals surface area contributed by atoms with Crippen LogP contribution in [0.5, 0.6) is 11.5 Å². The molecule has 1 aromatic rings. The first kappa shape index (κ1) is 21.3. The fourth-order valence-electron chi connectivity index (χ4n) is 6.99. The molecular weight excluding hydrogens is 432 g/mol. The molecule has 8 heteroatoms. The number of halogens is 1. The van der Waals surface area contributed by atoms with Crippen molar-refractivity contribution in [1.82, 2.24) is 10.2 Å². The Hall–Kier alpha value is -2.54. The van der Waals surface area contributed by atoms with Crippen LogP contribution in [-0.4, -0.2) is 41.0 Å². The van der Waals surface area contributed by atoms with E-state index < -0.39 is 17.8 Å². The standard InChI is InChI=1S/C24H27ClN2O5/c1-12(24-9-14-3-15(10-24)5-16(4-14)11-24)27-22(30)17(21(29)26-23(27)31)6-13-7-18(25)20(28)19(8-13)32-2/h6-8,12,14-16,28H,3-5,9-11H2,1-2H3,(H,26,29,31). The smallest absolute Gasteiger partial charge is 0.331 e. The molecule has 2 N–H and O–H groups in total. The number of carbonyl (C=O) groups is 3. The van der Waals surface area contributed by atoms with E-state index in [1.165, 1.54) is 49.5 Å². The third-order valence-corrected chi connectivity index (χ3v) is 8.36. The number of ether oxygens (including phenoxy) is 1. The molecule has 5 fully saturated rings. The van der Waals surface area contributed by atoms with Gasteiger partial charge in [0.2, 0.25) is 0 Å². The summed E-state index contributed by atoms with van der Waals surface area (Å²) in [6, 6.07) is 1.98. The highest BCUT2D eigenvalue weighted by Crippen LogP contribution is 2.62. The third kappa shape index (κ3) is 3.29. The van der Waals surface area contributed by atoms with Gasteiger partial charge in [0.05, 0.1) is 12.1 Å². The second-order valence-corrected chi connectivity index (χ2v) is 10.4. The SMILES string of the molecule is COc1cc(C=C2C(=O)NC(=O)N(C(C)C34CC5CC(CC(C5)C3)C4)C2=O)cc(Cl)c1O. The van der Waals surface area contributed by atoms with Gasteiger partial charge in [-0.15, -0.1) is 0 Å². The third-order valence-electron chi connectivity index (χ3n) is 8.07. The Morgan fingerprint density at radius 2 is 1.75 bits per heavy atom. The van der Waals surface area contributed by atoms with Crippen molar-refractivity contribution in [3.05, 3.63) is 28.3 Å². The Kier molecular flexibility index (Phi) is 5.00. The zero-order valence-corrected chi connectivity index (χ0v) is 18.9. The molecule has 1 heterocycles. The molecule has 1 unspecified atom stereocenters. The zero-order chi connectivity index (χ0) is 22.8. The number of nitrogens with zero attached hydrogens (tertiary/aromatic N) is 1. The molecule has 0 radical (unpaired) electrons. The Labute approximate surface area is 191 Å². The lowest BCUT2D eigenvalue weighted by Gasteiger charge is -2.60. The number of hydrogen-bond acceptors (Lipinski definition) is 5. The number of phenolic OH excluding ortho intramolecular Hbond substituents is 1. The summed E-state index contributed by atoms with van der Waals surface area (Å²) in [5.74, 6) is 0.604. The first-order valence-electron chi connectivity index (χ1n) is 11.2. The molecule has 5 aliphatic rings. The second-order valence-electron chi connectivity index (χ2n) is 10.0. The number of amides is 4. The van der Waals surface area contributed by atoms with Gasteiger partial charge in [0.15, 0.2) is 11.5 Å². The molecule has 4 aliphatic carbocycles. The predicted molar refractivity (Wildman–Crippen MR) is 118 cm³/mol. The molecule has 1 atom stereocenters. The van der Waals surface area contributed by atoms with Crippen LogP contribution < -0.4 is 10.1 Å². The van der Waals surface area contributed by atoms with Crippen molar-refractivity contribution in [3.63, 3.8) is 0 Å². The van der Waals surface area contributed by atoms with Crippen LogP contribution in [0.2, 0.25) is 5.02 Å². The van der Waals surface area contributed by atoms with Crippen LogP contribution in [0.15, 0.2) is 17.7 Å². The molecule has 7 nitrogen and oxygen atoms in total. The van der Waals surface area contributed by atoms with Gasteiger partial charge >= 0.3 is 6.03 Å². The average molecular weight is 459 g/mol. The molecule has 0 spiro atoms. The lowest BCUT2D eigenvalue weighted by molar-refractivity contribution is -0.139.